The Kier molecular flexibility index (Phi) is 11.4. The number of nitrogens with zero attached hydrogens (tertiary/aromatic N) is 3. The molecule has 0 fully saturated rings. The number of nitrogens with one attached hydrogen (secondary N) is 1. The largest absolute Gasteiger partial charge is 0.478 e. The van der Waals surface area contributed by atoms with E-state index in [4.69, 9.17) is 14.2 Å². The summed E-state index contributed by atoms with van der Waals surface area (Å²) in [7, 11) is -1.90. The Morgan fingerprint density at radius 2 is 1.55 bits per heavy atom. The number of hydrogen-bond donors (Lipinski definition) is 1. The first-order valence-electron chi connectivity index (χ1n) is 11.7. The van der Waals surface area contributed by atoms with Gasteiger partial charge in [0.05, 0.1) is 19.4 Å². The van der Waals surface area contributed by atoms with Crippen molar-refractivity contribution >= 4 is 22.2 Å². The molecule has 2 aromatic heterocycles. The van der Waals surface area contributed by atoms with Crippen LogP contribution in [0.2, 0.25) is 51.4 Å². The third-order valence-electron chi connectivity index (χ3n) is 4.27. The lowest BCUT2D eigenvalue weighted by atomic mass is 10.2. The van der Waals surface area contributed by atoms with E-state index < -0.39 is 27.8 Å². The molecule has 0 unspecified atom stereocenters. The van der Waals surface area contributed by atoms with Crippen LogP contribution in [0, 0.1) is 0 Å². The van der Waals surface area contributed by atoms with Gasteiger partial charge in [0.1, 0.15) is 5.60 Å². The van der Waals surface area contributed by atoms with E-state index in [0.717, 1.165) is 25.3 Å². The topological polar surface area (TPSA) is 91.3 Å². The molecule has 8 nitrogen and oxygen atoms in total. The van der Waals surface area contributed by atoms with Crippen molar-refractivity contribution in [1.29, 1.82) is 0 Å². The molecular formula is C23H44N4O4Si2. The second-order valence-corrected chi connectivity index (χ2v) is 22.8. The van der Waals surface area contributed by atoms with Crippen molar-refractivity contribution in [3.63, 3.8) is 0 Å². The minimum absolute atomic E-state index is 0.464. The van der Waals surface area contributed by atoms with E-state index >= 15 is 0 Å². The molecule has 0 amide bonds. The molecule has 0 aliphatic heterocycles. The maximum Gasteiger partial charge on any atom is 0.435 e. The average molecular weight is 497 g/mol. The van der Waals surface area contributed by atoms with E-state index in [1.807, 2.05) is 26.8 Å². The Balaban J connectivity index is 0.000000361. The second kappa shape index (κ2) is 13.0. The lowest BCUT2D eigenvalue weighted by molar-refractivity contribution is 0.0511. The molecule has 0 aliphatic rings. The molecule has 2 rings (SSSR count). The van der Waals surface area contributed by atoms with Crippen molar-refractivity contribution in [1.82, 2.24) is 20.0 Å². The number of rotatable bonds is 10. The van der Waals surface area contributed by atoms with Crippen LogP contribution in [-0.2, 0) is 4.74 Å². The standard InChI is InChI=1S/C14H26N2O3Si.C9H18N2OSi/c1-14(2,3)19-13(17)16-9-8-12(15-16)18-10-7-11-20(4,5)6;1-13(2,3)8-4-7-12-9-5-6-10-11-9/h8-9H,7,10-11H2,1-6H3;5-6H,4,7-8H2,1-3H3,(H,10,11). The van der Waals surface area contributed by atoms with Gasteiger partial charge in [0.2, 0.25) is 11.8 Å². The SMILES string of the molecule is CC(C)(C)OC(=O)n1ccc(OCCC[Si](C)(C)C)n1.C[Si](C)(C)CCCOc1ccn[nH]1. The number of H-pyrrole nitrogens is 1. The van der Waals surface area contributed by atoms with E-state index in [-0.39, 0.29) is 0 Å². The average Bonchev–Trinajstić information content (AvgIpc) is 3.32. The van der Waals surface area contributed by atoms with E-state index in [0.29, 0.717) is 12.5 Å². The fraction of sp³-hybridized carbons (Fsp3) is 0.696. The van der Waals surface area contributed by atoms with Crippen molar-refractivity contribution in [2.45, 2.75) is 90.6 Å². The Morgan fingerprint density at radius 3 is 2.03 bits per heavy atom. The molecular weight excluding hydrogens is 452 g/mol. The molecule has 0 saturated carbocycles. The summed E-state index contributed by atoms with van der Waals surface area (Å²) in [5.74, 6) is 1.24. The third-order valence-corrected chi connectivity index (χ3v) is 7.98. The van der Waals surface area contributed by atoms with Crippen molar-refractivity contribution in [2.24, 2.45) is 0 Å². The van der Waals surface area contributed by atoms with E-state index in [1.54, 1.807) is 18.5 Å². The van der Waals surface area contributed by atoms with Crippen molar-refractivity contribution < 1.29 is 19.0 Å². The first kappa shape index (κ1) is 29.0. The van der Waals surface area contributed by atoms with Gasteiger partial charge in [0.25, 0.3) is 0 Å². The molecule has 0 spiro atoms. The smallest absolute Gasteiger partial charge is 0.435 e. The zero-order valence-corrected chi connectivity index (χ0v) is 24.0. The maximum atomic E-state index is 11.8. The Hall–Kier alpha value is -2.08. The predicted molar refractivity (Wildman–Crippen MR) is 139 cm³/mol. The fourth-order valence-corrected chi connectivity index (χ4v) is 5.09. The van der Waals surface area contributed by atoms with Crippen LogP contribution in [0.15, 0.2) is 24.5 Å². The highest BCUT2D eigenvalue weighted by molar-refractivity contribution is 6.76. The molecule has 33 heavy (non-hydrogen) atoms. The van der Waals surface area contributed by atoms with E-state index in [1.165, 1.54) is 16.8 Å². The highest BCUT2D eigenvalue weighted by atomic mass is 28.3. The summed E-state index contributed by atoms with van der Waals surface area (Å²) in [4.78, 5) is 11.8. The first-order valence-corrected chi connectivity index (χ1v) is 19.1. The van der Waals surface area contributed by atoms with Gasteiger partial charge in [-0.25, -0.2) is 9.89 Å². The summed E-state index contributed by atoms with van der Waals surface area (Å²) in [6.07, 6.45) is 4.94. The molecule has 0 radical (unpaired) electrons. The minimum Gasteiger partial charge on any atom is -0.478 e. The van der Waals surface area contributed by atoms with Gasteiger partial charge in [0.15, 0.2) is 0 Å². The summed E-state index contributed by atoms with van der Waals surface area (Å²) in [5.41, 5.74) is -0.526. The molecule has 0 saturated heterocycles. The highest BCUT2D eigenvalue weighted by Gasteiger charge is 2.19. The molecule has 188 valence electrons. The van der Waals surface area contributed by atoms with Crippen molar-refractivity contribution in [3.8, 4) is 11.8 Å². The number of carbonyl (C=O) groups excluding carboxylic acids is 1. The van der Waals surface area contributed by atoms with Crippen LogP contribution >= 0.6 is 0 Å². The monoisotopic (exact) mass is 496 g/mol. The quantitative estimate of drug-likeness (QED) is 0.307. The third kappa shape index (κ3) is 15.4. The summed E-state index contributed by atoms with van der Waals surface area (Å²) >= 11 is 0. The summed E-state index contributed by atoms with van der Waals surface area (Å²) in [6.45, 7) is 21.0. The van der Waals surface area contributed by atoms with Crippen LogP contribution in [0.5, 0.6) is 11.8 Å². The molecule has 0 atom stereocenters. The number of ether oxygens (including phenoxy) is 3. The van der Waals surface area contributed by atoms with Crippen LogP contribution in [0.4, 0.5) is 4.79 Å². The molecule has 10 heteroatoms. The minimum atomic E-state index is -1.01. The van der Waals surface area contributed by atoms with Crippen molar-refractivity contribution in [2.75, 3.05) is 13.2 Å². The van der Waals surface area contributed by atoms with E-state index in [9.17, 15) is 4.79 Å². The van der Waals surface area contributed by atoms with Gasteiger partial charge in [-0.1, -0.05) is 51.4 Å². The van der Waals surface area contributed by atoms with Gasteiger partial charge >= 0.3 is 6.09 Å². The predicted octanol–water partition coefficient (Wildman–Crippen LogP) is 6.29. The van der Waals surface area contributed by atoms with E-state index in [2.05, 4.69) is 54.6 Å². The molecule has 0 bridgehead atoms. The molecule has 1 N–H and O–H groups in total. The molecule has 0 aromatic carbocycles. The maximum absolute atomic E-state index is 11.8. The summed E-state index contributed by atoms with van der Waals surface area (Å²) in [6, 6.07) is 6.06. The van der Waals surface area contributed by atoms with Gasteiger partial charge < -0.3 is 14.2 Å². The number of aromatic amines is 1. The first-order chi connectivity index (χ1) is 15.1. The Bertz CT molecular complexity index is 804. The number of carbonyl (C=O) groups is 1. The number of aromatic nitrogens is 4. The zero-order valence-electron chi connectivity index (χ0n) is 22.0. The van der Waals surface area contributed by atoms with Gasteiger partial charge in [-0.15, -0.1) is 5.10 Å². The van der Waals surface area contributed by atoms with Gasteiger partial charge in [0, 0.05) is 34.5 Å². The summed E-state index contributed by atoms with van der Waals surface area (Å²) < 4.78 is 17.4. The molecule has 2 heterocycles. The van der Waals surface area contributed by atoms with Gasteiger partial charge in [-0.05, 0) is 33.6 Å². The van der Waals surface area contributed by atoms with Gasteiger partial charge in [-0.3, -0.25) is 0 Å². The van der Waals surface area contributed by atoms with Gasteiger partial charge in [-0.2, -0.15) is 9.78 Å². The summed E-state index contributed by atoms with van der Waals surface area (Å²) in [5, 5.41) is 10.6. The van der Waals surface area contributed by atoms with Crippen LogP contribution in [-0.4, -0.2) is 61.0 Å². The van der Waals surface area contributed by atoms with Crippen LogP contribution in [0.25, 0.3) is 0 Å². The molecule has 0 aliphatic carbocycles. The molecule has 2 aromatic rings. The zero-order chi connectivity index (χ0) is 25.1. The van der Waals surface area contributed by atoms with Crippen LogP contribution in [0.3, 0.4) is 0 Å². The lowest BCUT2D eigenvalue weighted by Crippen LogP contribution is -2.27. The number of hydrogen-bond acceptors (Lipinski definition) is 6. The second-order valence-electron chi connectivity index (χ2n) is 11.5. The Morgan fingerprint density at radius 1 is 0.970 bits per heavy atom. The fourth-order valence-electron chi connectivity index (χ4n) is 2.68. The highest BCUT2D eigenvalue weighted by Crippen LogP contribution is 2.14. The van der Waals surface area contributed by atoms with Crippen LogP contribution < -0.4 is 9.47 Å². The lowest BCUT2D eigenvalue weighted by Gasteiger charge is -2.18. The van der Waals surface area contributed by atoms with Crippen molar-refractivity contribution in [3.05, 3.63) is 24.5 Å². The normalized spacial score (nSPS) is 12.0. The van der Waals surface area contributed by atoms with Crippen LogP contribution in [0.1, 0.15) is 33.6 Å². The Labute approximate surface area is 201 Å².